The van der Waals surface area contributed by atoms with Crippen LogP contribution in [0.3, 0.4) is 0 Å². The number of likely N-dealkylation sites (tertiary alicyclic amines) is 1. The molecule has 0 spiro atoms. The van der Waals surface area contributed by atoms with Gasteiger partial charge in [-0.15, -0.1) is 0 Å². The Hall–Kier alpha value is -1.12. The minimum Gasteiger partial charge on any atom is -0.325 e. The molecule has 0 aromatic heterocycles. The van der Waals surface area contributed by atoms with Gasteiger partial charge in [-0.2, -0.15) is 5.26 Å². The third kappa shape index (κ3) is 2.91. The Morgan fingerprint density at radius 2 is 2.40 bits per heavy atom. The summed E-state index contributed by atoms with van der Waals surface area (Å²) in [5.74, 6) is 5.63. The van der Waals surface area contributed by atoms with Crippen LogP contribution in [0.1, 0.15) is 26.7 Å². The average Bonchev–Trinajstić information content (AvgIpc) is 2.64. The van der Waals surface area contributed by atoms with E-state index in [0.29, 0.717) is 6.54 Å². The minimum absolute atomic E-state index is 0.0461. The summed E-state index contributed by atoms with van der Waals surface area (Å²) in [7, 11) is 0. The van der Waals surface area contributed by atoms with Gasteiger partial charge in [-0.3, -0.25) is 10.6 Å². The molecule has 1 fully saturated rings. The number of hydrogen-bond donors (Lipinski definition) is 1. The highest BCUT2D eigenvalue weighted by atomic mass is 16.2. The molecule has 2 N–H and O–H groups in total. The maximum Gasteiger partial charge on any atom is 0.239 e. The average molecular weight is 210 g/mol. The zero-order valence-corrected chi connectivity index (χ0v) is 9.31. The van der Waals surface area contributed by atoms with Crippen LogP contribution in [-0.2, 0) is 4.79 Å². The van der Waals surface area contributed by atoms with E-state index >= 15 is 0 Å². The standard InChI is InChI=1S/C10H18N4O/c1-8(2)14(12)7-10(15)13-5-3-4-9(13)6-11/h8-9H,3-5,7,12H2,1-2H3. The number of carbonyl (C=O) groups is 1. The van der Waals surface area contributed by atoms with E-state index in [4.69, 9.17) is 11.1 Å². The van der Waals surface area contributed by atoms with Crippen molar-refractivity contribution in [2.24, 2.45) is 5.84 Å². The lowest BCUT2D eigenvalue weighted by molar-refractivity contribution is -0.132. The van der Waals surface area contributed by atoms with Crippen LogP contribution >= 0.6 is 0 Å². The van der Waals surface area contributed by atoms with Gasteiger partial charge in [0.15, 0.2) is 0 Å². The molecule has 1 rings (SSSR count). The van der Waals surface area contributed by atoms with Gasteiger partial charge in [0, 0.05) is 12.6 Å². The van der Waals surface area contributed by atoms with Gasteiger partial charge in [-0.05, 0) is 26.7 Å². The Kier molecular flexibility index (Phi) is 4.06. The van der Waals surface area contributed by atoms with E-state index in [1.165, 1.54) is 5.01 Å². The summed E-state index contributed by atoms with van der Waals surface area (Å²) in [6.45, 7) is 4.73. The highest BCUT2D eigenvalue weighted by Crippen LogP contribution is 2.16. The zero-order valence-electron chi connectivity index (χ0n) is 9.31. The first kappa shape index (κ1) is 12.0. The van der Waals surface area contributed by atoms with E-state index in [1.807, 2.05) is 13.8 Å². The minimum atomic E-state index is -0.252. The van der Waals surface area contributed by atoms with Crippen LogP contribution < -0.4 is 5.84 Å². The monoisotopic (exact) mass is 210 g/mol. The Bertz CT molecular complexity index is 271. The van der Waals surface area contributed by atoms with Crippen LogP contribution in [0.25, 0.3) is 0 Å². The van der Waals surface area contributed by atoms with Crippen LogP contribution in [0.5, 0.6) is 0 Å². The molecular weight excluding hydrogens is 192 g/mol. The molecule has 1 unspecified atom stereocenters. The fourth-order valence-electron chi connectivity index (χ4n) is 1.63. The van der Waals surface area contributed by atoms with Crippen molar-refractivity contribution in [2.75, 3.05) is 13.1 Å². The Morgan fingerprint density at radius 3 is 2.93 bits per heavy atom. The molecule has 1 aliphatic rings. The summed E-state index contributed by atoms with van der Waals surface area (Å²) in [6.07, 6.45) is 1.70. The molecule has 0 radical (unpaired) electrons. The van der Waals surface area contributed by atoms with Crippen molar-refractivity contribution in [3.63, 3.8) is 0 Å². The van der Waals surface area contributed by atoms with E-state index in [0.717, 1.165) is 12.8 Å². The lowest BCUT2D eigenvalue weighted by Crippen LogP contribution is -2.47. The third-order valence-electron chi connectivity index (χ3n) is 2.70. The Labute approximate surface area is 90.4 Å². The molecule has 1 saturated heterocycles. The molecule has 5 heteroatoms. The first-order chi connectivity index (χ1) is 7.06. The second kappa shape index (κ2) is 5.10. The second-order valence-corrected chi connectivity index (χ2v) is 4.14. The van der Waals surface area contributed by atoms with Crippen molar-refractivity contribution in [2.45, 2.75) is 38.8 Å². The van der Waals surface area contributed by atoms with E-state index in [2.05, 4.69) is 6.07 Å². The van der Waals surface area contributed by atoms with Gasteiger partial charge in [0.25, 0.3) is 0 Å². The Balaban J connectivity index is 2.50. The number of rotatable bonds is 3. The molecule has 0 bridgehead atoms. The van der Waals surface area contributed by atoms with Crippen molar-refractivity contribution < 1.29 is 4.79 Å². The van der Waals surface area contributed by atoms with Gasteiger partial charge in [0.1, 0.15) is 6.04 Å². The maximum absolute atomic E-state index is 11.8. The number of nitrogens with zero attached hydrogens (tertiary/aromatic N) is 3. The molecule has 0 aromatic carbocycles. The quantitative estimate of drug-likeness (QED) is 0.529. The van der Waals surface area contributed by atoms with Crippen molar-refractivity contribution >= 4 is 5.91 Å². The van der Waals surface area contributed by atoms with Crippen LogP contribution in [0.4, 0.5) is 0 Å². The predicted octanol–water partition coefficient (Wildman–Crippen LogP) is 0.0851. The summed E-state index contributed by atoms with van der Waals surface area (Å²) in [6, 6.07) is 2.03. The molecule has 0 aliphatic carbocycles. The van der Waals surface area contributed by atoms with Crippen LogP contribution in [-0.4, -0.2) is 41.0 Å². The van der Waals surface area contributed by atoms with Gasteiger partial charge >= 0.3 is 0 Å². The number of amides is 1. The van der Waals surface area contributed by atoms with Gasteiger partial charge in [0.05, 0.1) is 12.6 Å². The zero-order chi connectivity index (χ0) is 11.4. The molecule has 0 saturated carbocycles. The first-order valence-corrected chi connectivity index (χ1v) is 5.26. The molecule has 1 amide bonds. The topological polar surface area (TPSA) is 73.4 Å². The van der Waals surface area contributed by atoms with Crippen LogP contribution in [0, 0.1) is 11.3 Å². The highest BCUT2D eigenvalue weighted by molar-refractivity contribution is 5.79. The second-order valence-electron chi connectivity index (χ2n) is 4.14. The lowest BCUT2D eigenvalue weighted by Gasteiger charge is -2.25. The van der Waals surface area contributed by atoms with Crippen molar-refractivity contribution in [1.29, 1.82) is 5.26 Å². The van der Waals surface area contributed by atoms with Crippen molar-refractivity contribution in [3.8, 4) is 6.07 Å². The smallest absolute Gasteiger partial charge is 0.239 e. The highest BCUT2D eigenvalue weighted by Gasteiger charge is 2.29. The fourth-order valence-corrected chi connectivity index (χ4v) is 1.63. The summed E-state index contributed by atoms with van der Waals surface area (Å²) in [5, 5.41) is 10.3. The molecule has 1 atom stereocenters. The maximum atomic E-state index is 11.8. The number of carbonyl (C=O) groups excluding carboxylic acids is 1. The van der Waals surface area contributed by atoms with Crippen molar-refractivity contribution in [1.82, 2.24) is 9.91 Å². The van der Waals surface area contributed by atoms with Gasteiger partial charge in [-0.1, -0.05) is 0 Å². The van der Waals surface area contributed by atoms with Crippen LogP contribution in [0.2, 0.25) is 0 Å². The van der Waals surface area contributed by atoms with E-state index in [9.17, 15) is 4.79 Å². The fraction of sp³-hybridized carbons (Fsp3) is 0.800. The summed E-state index contributed by atoms with van der Waals surface area (Å²) < 4.78 is 0. The van der Waals surface area contributed by atoms with Gasteiger partial charge < -0.3 is 4.90 Å². The van der Waals surface area contributed by atoms with Crippen molar-refractivity contribution in [3.05, 3.63) is 0 Å². The number of nitrogens with two attached hydrogens (primary N) is 1. The van der Waals surface area contributed by atoms with E-state index in [-0.39, 0.29) is 24.5 Å². The van der Waals surface area contributed by atoms with E-state index in [1.54, 1.807) is 4.90 Å². The molecular formula is C10H18N4O. The van der Waals surface area contributed by atoms with Gasteiger partial charge in [0.2, 0.25) is 5.91 Å². The number of hydrazine groups is 1. The molecule has 1 heterocycles. The lowest BCUT2D eigenvalue weighted by atomic mass is 10.2. The SMILES string of the molecule is CC(C)N(N)CC(=O)N1CCCC1C#N. The van der Waals surface area contributed by atoms with Gasteiger partial charge in [-0.25, -0.2) is 5.01 Å². The molecule has 1 aliphatic heterocycles. The first-order valence-electron chi connectivity index (χ1n) is 5.26. The summed E-state index contributed by atoms with van der Waals surface area (Å²) in [4.78, 5) is 13.4. The van der Waals surface area contributed by atoms with Crippen LogP contribution in [0.15, 0.2) is 0 Å². The number of nitriles is 1. The molecule has 0 aromatic rings. The predicted molar refractivity (Wildman–Crippen MR) is 56.4 cm³/mol. The number of hydrogen-bond acceptors (Lipinski definition) is 4. The summed E-state index contributed by atoms with van der Waals surface area (Å²) in [5.41, 5.74) is 0. The normalized spacial score (nSPS) is 21.1. The molecule has 84 valence electrons. The summed E-state index contributed by atoms with van der Waals surface area (Å²) >= 11 is 0. The van der Waals surface area contributed by atoms with E-state index < -0.39 is 0 Å². The largest absolute Gasteiger partial charge is 0.325 e. The molecule has 5 nitrogen and oxygen atoms in total. The third-order valence-corrected chi connectivity index (χ3v) is 2.70. The molecule has 15 heavy (non-hydrogen) atoms. The Morgan fingerprint density at radius 1 is 1.73 bits per heavy atom.